The molecule has 3 heterocycles. The summed E-state index contributed by atoms with van der Waals surface area (Å²) in [5.74, 6) is -0.0547. The molecule has 0 amide bonds. The second-order valence-electron chi connectivity index (χ2n) is 9.01. The molecule has 178 valence electrons. The minimum atomic E-state index is -0.586. The van der Waals surface area contributed by atoms with Crippen molar-refractivity contribution in [3.05, 3.63) is 89.4 Å². The maximum atomic E-state index is 13.7. The summed E-state index contributed by atoms with van der Waals surface area (Å²) >= 11 is 1.35. The Morgan fingerprint density at radius 2 is 1.88 bits per heavy atom. The average Bonchev–Trinajstić information content (AvgIpc) is 3.23. The zero-order valence-electron chi connectivity index (χ0n) is 20.8. The number of nitrogens with zero attached hydrogens (tertiary/aromatic N) is 3. The lowest BCUT2D eigenvalue weighted by atomic mass is 9.93. The predicted octanol–water partition coefficient (Wildman–Crippen LogP) is 3.88. The van der Waals surface area contributed by atoms with Crippen LogP contribution < -0.4 is 14.9 Å². The number of carbonyl (C=O) groups is 1. The average molecular weight is 478 g/mol. The van der Waals surface area contributed by atoms with Gasteiger partial charge >= 0.3 is 5.97 Å². The Hall–Kier alpha value is -3.19. The van der Waals surface area contributed by atoms with Crippen molar-refractivity contribution in [2.75, 3.05) is 6.61 Å². The van der Waals surface area contributed by atoms with Crippen LogP contribution in [0.5, 0.6) is 0 Å². The summed E-state index contributed by atoms with van der Waals surface area (Å²) in [5.41, 5.74) is 6.11. The van der Waals surface area contributed by atoms with Gasteiger partial charge in [0.1, 0.15) is 0 Å². The van der Waals surface area contributed by atoms with Crippen molar-refractivity contribution >= 4 is 23.4 Å². The molecule has 0 aliphatic carbocycles. The fourth-order valence-electron chi connectivity index (χ4n) is 4.34. The standard InChI is InChI=1S/C27H31N3O3S/c1-8-33-26(32)23-17(5)28-27-30(24(23)20-11-9-19(10-12-20)15(2)3)25(31)22(34-27)14-21-13-16(4)29(7)18(21)6/h9-15,24H,8H2,1-7H3/b22-14+/t24-/m1/s1. The normalized spacial score (nSPS) is 16.1. The molecule has 1 aliphatic rings. The van der Waals surface area contributed by atoms with Gasteiger partial charge in [-0.1, -0.05) is 49.4 Å². The van der Waals surface area contributed by atoms with Crippen LogP contribution in [0.15, 0.2) is 51.4 Å². The van der Waals surface area contributed by atoms with E-state index in [1.165, 1.54) is 16.9 Å². The van der Waals surface area contributed by atoms with Crippen LogP contribution in [0, 0.1) is 13.8 Å². The van der Waals surface area contributed by atoms with Crippen LogP contribution in [0.4, 0.5) is 0 Å². The van der Waals surface area contributed by atoms with E-state index in [9.17, 15) is 9.59 Å². The van der Waals surface area contributed by atoms with Crippen molar-refractivity contribution < 1.29 is 9.53 Å². The van der Waals surface area contributed by atoms with E-state index in [-0.39, 0.29) is 12.2 Å². The van der Waals surface area contributed by atoms with Gasteiger partial charge in [-0.2, -0.15) is 0 Å². The first-order chi connectivity index (χ1) is 16.1. The van der Waals surface area contributed by atoms with Crippen molar-refractivity contribution in [3.8, 4) is 0 Å². The highest BCUT2D eigenvalue weighted by atomic mass is 32.1. The molecule has 0 radical (unpaired) electrons. The molecule has 4 rings (SSSR count). The quantitative estimate of drug-likeness (QED) is 0.524. The van der Waals surface area contributed by atoms with Crippen LogP contribution in [-0.4, -0.2) is 21.7 Å². The summed E-state index contributed by atoms with van der Waals surface area (Å²) in [6, 6.07) is 9.61. The van der Waals surface area contributed by atoms with Crippen molar-refractivity contribution in [1.29, 1.82) is 0 Å². The Kier molecular flexibility index (Phi) is 6.49. The van der Waals surface area contributed by atoms with Gasteiger partial charge < -0.3 is 9.30 Å². The Morgan fingerprint density at radius 3 is 2.44 bits per heavy atom. The van der Waals surface area contributed by atoms with Crippen LogP contribution in [0.3, 0.4) is 0 Å². The van der Waals surface area contributed by atoms with Gasteiger partial charge in [-0.3, -0.25) is 9.36 Å². The minimum Gasteiger partial charge on any atom is -0.463 e. The number of fused-ring (bicyclic) bond motifs is 1. The van der Waals surface area contributed by atoms with Crippen LogP contribution in [0.25, 0.3) is 6.08 Å². The number of allylic oxidation sites excluding steroid dienone is 1. The van der Waals surface area contributed by atoms with Crippen LogP contribution in [0.2, 0.25) is 0 Å². The number of thiazole rings is 1. The molecular weight excluding hydrogens is 446 g/mol. The van der Waals surface area contributed by atoms with Gasteiger partial charge in [-0.05, 0) is 62.4 Å². The Bertz CT molecular complexity index is 1470. The van der Waals surface area contributed by atoms with Crippen molar-refractivity contribution in [2.45, 2.75) is 53.5 Å². The van der Waals surface area contributed by atoms with Gasteiger partial charge in [0.15, 0.2) is 4.80 Å². The first-order valence-corrected chi connectivity index (χ1v) is 12.4. The highest BCUT2D eigenvalue weighted by Gasteiger charge is 2.33. The second kappa shape index (κ2) is 9.22. The third-order valence-electron chi connectivity index (χ3n) is 6.54. The molecule has 0 saturated carbocycles. The molecule has 2 aromatic heterocycles. The zero-order valence-corrected chi connectivity index (χ0v) is 21.6. The van der Waals surface area contributed by atoms with Gasteiger partial charge in [0, 0.05) is 18.4 Å². The maximum absolute atomic E-state index is 13.7. The molecule has 6 nitrogen and oxygen atoms in total. The number of benzene rings is 1. The first-order valence-electron chi connectivity index (χ1n) is 11.6. The van der Waals surface area contributed by atoms with Crippen LogP contribution >= 0.6 is 11.3 Å². The van der Waals surface area contributed by atoms with Crippen molar-refractivity contribution in [2.24, 2.45) is 12.0 Å². The molecule has 1 aliphatic heterocycles. The van der Waals surface area contributed by atoms with Gasteiger partial charge in [0.2, 0.25) is 0 Å². The van der Waals surface area contributed by atoms with Crippen molar-refractivity contribution in [3.63, 3.8) is 0 Å². The highest BCUT2D eigenvalue weighted by molar-refractivity contribution is 7.07. The number of hydrogen-bond acceptors (Lipinski definition) is 5. The first kappa shape index (κ1) is 24.0. The van der Waals surface area contributed by atoms with Crippen molar-refractivity contribution in [1.82, 2.24) is 9.13 Å². The summed E-state index contributed by atoms with van der Waals surface area (Å²) in [6.07, 6.45) is 1.93. The van der Waals surface area contributed by atoms with E-state index in [1.54, 1.807) is 11.5 Å². The van der Waals surface area contributed by atoms with Gasteiger partial charge in [-0.25, -0.2) is 9.79 Å². The molecule has 0 unspecified atom stereocenters. The number of rotatable bonds is 5. The third kappa shape index (κ3) is 4.09. The van der Waals surface area contributed by atoms with Gasteiger partial charge in [0.25, 0.3) is 5.56 Å². The number of ether oxygens (including phenoxy) is 1. The minimum absolute atomic E-state index is 0.156. The molecule has 7 heteroatoms. The lowest BCUT2D eigenvalue weighted by Crippen LogP contribution is -2.39. The molecule has 3 aromatic rings. The summed E-state index contributed by atoms with van der Waals surface area (Å²) in [7, 11) is 2.01. The SMILES string of the molecule is CCOC(=O)C1=C(C)N=c2s/c(=C/c3cc(C)n(C)c3C)c(=O)n2[C@@H]1c1ccc(C(C)C)cc1. The number of aryl methyl sites for hydroxylation is 1. The number of hydrogen-bond donors (Lipinski definition) is 0. The van der Waals surface area contributed by atoms with Gasteiger partial charge in [-0.15, -0.1) is 0 Å². The molecule has 0 N–H and O–H groups in total. The molecule has 0 saturated heterocycles. The molecule has 0 fully saturated rings. The van der Waals surface area contributed by atoms with E-state index in [4.69, 9.17) is 4.74 Å². The monoisotopic (exact) mass is 477 g/mol. The summed E-state index contributed by atoms with van der Waals surface area (Å²) in [6.45, 7) is 12.2. The van der Waals surface area contributed by atoms with Crippen LogP contribution in [0.1, 0.15) is 67.7 Å². The van der Waals surface area contributed by atoms with E-state index >= 15 is 0 Å². The maximum Gasteiger partial charge on any atom is 0.338 e. The lowest BCUT2D eigenvalue weighted by molar-refractivity contribution is -0.139. The highest BCUT2D eigenvalue weighted by Crippen LogP contribution is 2.31. The summed E-state index contributed by atoms with van der Waals surface area (Å²) < 4.78 is 9.71. The number of esters is 1. The van der Waals surface area contributed by atoms with Crippen LogP contribution in [-0.2, 0) is 16.6 Å². The smallest absolute Gasteiger partial charge is 0.338 e. The van der Waals surface area contributed by atoms with E-state index in [0.29, 0.717) is 26.5 Å². The second-order valence-corrected chi connectivity index (χ2v) is 10.0. The lowest BCUT2D eigenvalue weighted by Gasteiger charge is -2.25. The van der Waals surface area contributed by atoms with E-state index in [1.807, 2.05) is 46.0 Å². The molecule has 1 aromatic carbocycles. The predicted molar refractivity (Wildman–Crippen MR) is 136 cm³/mol. The third-order valence-corrected chi connectivity index (χ3v) is 7.52. The Labute approximate surface area is 203 Å². The summed E-state index contributed by atoms with van der Waals surface area (Å²) in [5, 5.41) is 0. The fourth-order valence-corrected chi connectivity index (χ4v) is 5.38. The number of carbonyl (C=O) groups excluding carboxylic acids is 1. The molecule has 34 heavy (non-hydrogen) atoms. The Morgan fingerprint density at radius 1 is 1.21 bits per heavy atom. The van der Waals surface area contributed by atoms with E-state index in [0.717, 1.165) is 22.5 Å². The van der Waals surface area contributed by atoms with E-state index < -0.39 is 12.0 Å². The van der Waals surface area contributed by atoms with E-state index in [2.05, 4.69) is 41.6 Å². The molecule has 0 bridgehead atoms. The molecule has 0 spiro atoms. The molecule has 1 atom stereocenters. The Balaban J connectivity index is 1.95. The summed E-state index contributed by atoms with van der Waals surface area (Å²) in [4.78, 5) is 32.0. The number of aromatic nitrogens is 2. The fraction of sp³-hybridized carbons (Fsp3) is 0.370. The van der Waals surface area contributed by atoms with Gasteiger partial charge in [0.05, 0.1) is 28.5 Å². The molecular formula is C27H31N3O3S. The zero-order chi connectivity index (χ0) is 24.7. The largest absolute Gasteiger partial charge is 0.463 e. The topological polar surface area (TPSA) is 65.6 Å².